The Morgan fingerprint density at radius 2 is 2.08 bits per heavy atom. The van der Waals surface area contributed by atoms with Crippen LogP contribution in [0.1, 0.15) is 18.4 Å². The van der Waals surface area contributed by atoms with Gasteiger partial charge in [0.25, 0.3) is 0 Å². The molecule has 2 fully saturated rings. The van der Waals surface area contributed by atoms with Crippen molar-refractivity contribution in [3.05, 3.63) is 35.9 Å². The normalized spacial score (nSPS) is 25.0. The van der Waals surface area contributed by atoms with Crippen molar-refractivity contribution in [1.29, 1.82) is 0 Å². The van der Waals surface area contributed by atoms with E-state index in [0.29, 0.717) is 26.1 Å². The SMILES string of the molecule is CN1CC[C@H](C(=O)NC[C@H]2CN(Cc3ccccc3)CCO2)CC1=O. The Kier molecular flexibility index (Phi) is 6.04. The number of nitrogens with zero attached hydrogens (tertiary/aromatic N) is 2. The molecule has 1 N–H and O–H groups in total. The van der Waals surface area contributed by atoms with Crippen molar-refractivity contribution in [2.75, 3.05) is 39.8 Å². The van der Waals surface area contributed by atoms with Gasteiger partial charge in [-0.25, -0.2) is 0 Å². The standard InChI is InChI=1S/C19H27N3O3/c1-21-8-7-16(11-18(21)23)19(24)20-12-17-14-22(9-10-25-17)13-15-5-3-2-4-6-15/h2-6,16-17H,7-14H2,1H3,(H,20,24)/t16-,17-/m0/s1. The Morgan fingerprint density at radius 1 is 1.28 bits per heavy atom. The molecule has 0 bridgehead atoms. The van der Waals surface area contributed by atoms with Crippen molar-refractivity contribution >= 4 is 11.8 Å². The highest BCUT2D eigenvalue weighted by Crippen LogP contribution is 2.17. The van der Waals surface area contributed by atoms with E-state index in [4.69, 9.17) is 4.74 Å². The molecule has 2 amide bonds. The molecular weight excluding hydrogens is 318 g/mol. The number of piperidine rings is 1. The smallest absolute Gasteiger partial charge is 0.223 e. The lowest BCUT2D eigenvalue weighted by Gasteiger charge is -2.33. The molecule has 1 aromatic rings. The fraction of sp³-hybridized carbons (Fsp3) is 0.579. The highest BCUT2D eigenvalue weighted by molar-refractivity contribution is 5.86. The van der Waals surface area contributed by atoms with E-state index in [9.17, 15) is 9.59 Å². The van der Waals surface area contributed by atoms with Crippen LogP contribution in [0.3, 0.4) is 0 Å². The van der Waals surface area contributed by atoms with Crippen LogP contribution in [0.15, 0.2) is 30.3 Å². The Balaban J connectivity index is 1.43. The molecule has 2 heterocycles. The summed E-state index contributed by atoms with van der Waals surface area (Å²) in [4.78, 5) is 28.1. The minimum atomic E-state index is -0.201. The molecule has 0 saturated carbocycles. The van der Waals surface area contributed by atoms with E-state index < -0.39 is 0 Å². The van der Waals surface area contributed by atoms with Gasteiger partial charge >= 0.3 is 0 Å². The molecule has 0 spiro atoms. The summed E-state index contributed by atoms with van der Waals surface area (Å²) >= 11 is 0. The number of carbonyl (C=O) groups is 2. The van der Waals surface area contributed by atoms with Crippen LogP contribution in [0.2, 0.25) is 0 Å². The zero-order chi connectivity index (χ0) is 17.6. The van der Waals surface area contributed by atoms with Gasteiger partial charge in [-0.2, -0.15) is 0 Å². The highest BCUT2D eigenvalue weighted by Gasteiger charge is 2.29. The summed E-state index contributed by atoms with van der Waals surface area (Å²) in [6.07, 6.45) is 1.05. The van der Waals surface area contributed by atoms with E-state index in [1.165, 1.54) is 5.56 Å². The highest BCUT2D eigenvalue weighted by atomic mass is 16.5. The first-order chi connectivity index (χ1) is 12.1. The number of benzene rings is 1. The van der Waals surface area contributed by atoms with E-state index >= 15 is 0 Å². The first-order valence-electron chi connectivity index (χ1n) is 9.01. The molecule has 3 rings (SSSR count). The van der Waals surface area contributed by atoms with Gasteiger partial charge in [-0.05, 0) is 12.0 Å². The molecule has 1 aromatic carbocycles. The molecule has 2 saturated heterocycles. The van der Waals surface area contributed by atoms with E-state index in [1.807, 2.05) is 6.07 Å². The fourth-order valence-electron chi connectivity index (χ4n) is 3.41. The number of hydrogen-bond acceptors (Lipinski definition) is 4. The summed E-state index contributed by atoms with van der Waals surface area (Å²) < 4.78 is 5.79. The maximum atomic E-state index is 12.3. The molecule has 0 unspecified atom stereocenters. The topological polar surface area (TPSA) is 61.9 Å². The summed E-state index contributed by atoms with van der Waals surface area (Å²) in [5.41, 5.74) is 1.29. The monoisotopic (exact) mass is 345 g/mol. The largest absolute Gasteiger partial charge is 0.374 e. The number of hydrogen-bond donors (Lipinski definition) is 1. The third-order valence-corrected chi connectivity index (χ3v) is 5.01. The third kappa shape index (κ3) is 5.03. The first kappa shape index (κ1) is 17.9. The Labute approximate surface area is 149 Å². The lowest BCUT2D eigenvalue weighted by Crippen LogP contribution is -2.49. The van der Waals surface area contributed by atoms with Crippen LogP contribution in [0.25, 0.3) is 0 Å². The summed E-state index contributed by atoms with van der Waals surface area (Å²) in [5.74, 6) is -0.174. The number of nitrogens with one attached hydrogen (secondary N) is 1. The molecule has 6 heteroatoms. The summed E-state index contributed by atoms with van der Waals surface area (Å²) in [6.45, 7) is 4.45. The number of rotatable bonds is 5. The summed E-state index contributed by atoms with van der Waals surface area (Å²) in [7, 11) is 1.79. The Morgan fingerprint density at radius 3 is 2.84 bits per heavy atom. The van der Waals surface area contributed by atoms with Crippen LogP contribution in [0.4, 0.5) is 0 Å². The molecule has 2 atom stereocenters. The number of likely N-dealkylation sites (tertiary alicyclic amines) is 1. The predicted octanol–water partition coefficient (Wildman–Crippen LogP) is 0.872. The van der Waals surface area contributed by atoms with E-state index in [0.717, 1.165) is 26.1 Å². The van der Waals surface area contributed by atoms with Gasteiger partial charge < -0.3 is 15.0 Å². The van der Waals surface area contributed by atoms with Gasteiger partial charge in [-0.15, -0.1) is 0 Å². The first-order valence-corrected chi connectivity index (χ1v) is 9.01. The van der Waals surface area contributed by atoms with Gasteiger partial charge in [0.05, 0.1) is 12.7 Å². The molecule has 25 heavy (non-hydrogen) atoms. The second kappa shape index (κ2) is 8.45. The molecular formula is C19H27N3O3. The van der Waals surface area contributed by atoms with Crippen LogP contribution in [0.5, 0.6) is 0 Å². The average molecular weight is 345 g/mol. The van der Waals surface area contributed by atoms with Crippen LogP contribution in [0, 0.1) is 5.92 Å². The minimum absolute atomic E-state index is 0.00313. The molecule has 2 aliphatic heterocycles. The van der Waals surface area contributed by atoms with Crippen molar-refractivity contribution in [2.24, 2.45) is 5.92 Å². The molecule has 2 aliphatic rings. The van der Waals surface area contributed by atoms with Gasteiger partial charge in [0.1, 0.15) is 0 Å². The number of ether oxygens (including phenoxy) is 1. The quantitative estimate of drug-likeness (QED) is 0.860. The van der Waals surface area contributed by atoms with Gasteiger partial charge in [-0.3, -0.25) is 14.5 Å². The van der Waals surface area contributed by atoms with Crippen molar-refractivity contribution in [3.8, 4) is 0 Å². The van der Waals surface area contributed by atoms with Crippen molar-refractivity contribution in [2.45, 2.75) is 25.5 Å². The molecule has 0 aliphatic carbocycles. The second-order valence-corrected chi connectivity index (χ2v) is 6.96. The summed E-state index contributed by atoms with van der Waals surface area (Å²) in [6, 6.07) is 10.4. The molecule has 0 aromatic heterocycles. The fourth-order valence-corrected chi connectivity index (χ4v) is 3.41. The van der Waals surface area contributed by atoms with Gasteiger partial charge in [0, 0.05) is 52.1 Å². The summed E-state index contributed by atoms with van der Waals surface area (Å²) in [5, 5.41) is 2.98. The number of morpholine rings is 1. The molecule has 136 valence electrons. The average Bonchev–Trinajstić information content (AvgIpc) is 2.63. The lowest BCUT2D eigenvalue weighted by atomic mass is 9.95. The van der Waals surface area contributed by atoms with Gasteiger partial charge in [0.2, 0.25) is 11.8 Å². The zero-order valence-electron chi connectivity index (χ0n) is 14.8. The van der Waals surface area contributed by atoms with Crippen LogP contribution < -0.4 is 5.32 Å². The molecule has 0 radical (unpaired) electrons. The van der Waals surface area contributed by atoms with E-state index in [1.54, 1.807) is 11.9 Å². The minimum Gasteiger partial charge on any atom is -0.374 e. The van der Waals surface area contributed by atoms with Crippen molar-refractivity contribution < 1.29 is 14.3 Å². The second-order valence-electron chi connectivity index (χ2n) is 6.96. The van der Waals surface area contributed by atoms with Crippen molar-refractivity contribution in [3.63, 3.8) is 0 Å². The van der Waals surface area contributed by atoms with E-state index in [2.05, 4.69) is 34.5 Å². The van der Waals surface area contributed by atoms with Gasteiger partial charge in [0.15, 0.2) is 0 Å². The Bertz CT molecular complexity index is 593. The predicted molar refractivity (Wildman–Crippen MR) is 94.8 cm³/mol. The van der Waals surface area contributed by atoms with E-state index in [-0.39, 0.29) is 23.8 Å². The van der Waals surface area contributed by atoms with Crippen LogP contribution in [-0.2, 0) is 20.9 Å². The van der Waals surface area contributed by atoms with Crippen LogP contribution in [-0.4, -0.2) is 67.6 Å². The van der Waals surface area contributed by atoms with Gasteiger partial charge in [-0.1, -0.05) is 30.3 Å². The number of carbonyl (C=O) groups excluding carboxylic acids is 2. The van der Waals surface area contributed by atoms with Crippen LogP contribution >= 0.6 is 0 Å². The lowest BCUT2D eigenvalue weighted by molar-refractivity contribution is -0.139. The number of amides is 2. The van der Waals surface area contributed by atoms with Crippen molar-refractivity contribution in [1.82, 2.24) is 15.1 Å². The Hall–Kier alpha value is -1.92. The molecule has 6 nitrogen and oxygen atoms in total. The zero-order valence-corrected chi connectivity index (χ0v) is 14.8. The maximum Gasteiger partial charge on any atom is 0.223 e. The third-order valence-electron chi connectivity index (χ3n) is 5.01. The maximum absolute atomic E-state index is 12.3.